The molecule has 0 saturated carbocycles. The van der Waals surface area contributed by atoms with Crippen molar-refractivity contribution in [2.45, 2.75) is 50.2 Å². The smallest absolute Gasteiger partial charge is 0.281 e. The van der Waals surface area contributed by atoms with Crippen molar-refractivity contribution in [1.29, 1.82) is 0 Å². The van der Waals surface area contributed by atoms with Gasteiger partial charge in [0, 0.05) is 26.7 Å². The maximum absolute atomic E-state index is 13.4. The predicted molar refractivity (Wildman–Crippen MR) is 139 cm³/mol. The normalized spacial score (nSPS) is 17.2. The summed E-state index contributed by atoms with van der Waals surface area (Å²) >= 11 is 1.33. The van der Waals surface area contributed by atoms with Gasteiger partial charge in [-0.05, 0) is 43.4 Å². The number of amides is 2. The van der Waals surface area contributed by atoms with Crippen LogP contribution in [0.2, 0.25) is 0 Å². The summed E-state index contributed by atoms with van der Waals surface area (Å²) in [5.74, 6) is -0.648. The van der Waals surface area contributed by atoms with Crippen molar-refractivity contribution in [2.75, 3.05) is 20.3 Å². The summed E-state index contributed by atoms with van der Waals surface area (Å²) in [4.78, 5) is 46.1. The number of para-hydroxylation sites is 1. The van der Waals surface area contributed by atoms with Gasteiger partial charge in [-0.1, -0.05) is 42.5 Å². The maximum Gasteiger partial charge on any atom is 0.281 e. The second-order valence-electron chi connectivity index (χ2n) is 9.12. The lowest BCUT2D eigenvalue weighted by Gasteiger charge is -2.27. The van der Waals surface area contributed by atoms with Crippen molar-refractivity contribution in [3.63, 3.8) is 0 Å². The van der Waals surface area contributed by atoms with Crippen molar-refractivity contribution < 1.29 is 24.9 Å². The minimum atomic E-state index is -0.731. The SMILES string of the molecule is COCCC[C@H](NC(=O)[C@@H]1CCCN1C(=O)[C@H]([NH3+])Cc1ccccc1)C(=O)c1nc2ccccc2s1. The highest BCUT2D eigenvalue weighted by molar-refractivity contribution is 7.20. The second-order valence-corrected chi connectivity index (χ2v) is 10.2. The molecule has 190 valence electrons. The Hall–Kier alpha value is -3.14. The number of nitrogens with one attached hydrogen (secondary N) is 1. The lowest BCUT2D eigenvalue weighted by Crippen LogP contribution is -2.69. The van der Waals surface area contributed by atoms with E-state index >= 15 is 0 Å². The number of benzene rings is 2. The third-order valence-corrected chi connectivity index (χ3v) is 7.54. The predicted octanol–water partition coefficient (Wildman–Crippen LogP) is 2.23. The molecule has 4 N–H and O–H groups in total. The number of carbonyl (C=O) groups excluding carboxylic acids is 3. The van der Waals surface area contributed by atoms with Gasteiger partial charge in [0.05, 0.1) is 16.3 Å². The van der Waals surface area contributed by atoms with Crippen LogP contribution in [0, 0.1) is 0 Å². The topological polar surface area (TPSA) is 116 Å². The Bertz CT molecular complexity index is 1170. The number of rotatable bonds is 11. The van der Waals surface area contributed by atoms with E-state index in [0.29, 0.717) is 43.8 Å². The van der Waals surface area contributed by atoms with E-state index in [1.807, 2.05) is 54.6 Å². The number of methoxy groups -OCH3 is 1. The summed E-state index contributed by atoms with van der Waals surface area (Å²) in [5.41, 5.74) is 5.87. The van der Waals surface area contributed by atoms with E-state index in [1.165, 1.54) is 11.3 Å². The molecule has 8 nitrogen and oxygen atoms in total. The quantitative estimate of drug-likeness (QED) is 0.304. The van der Waals surface area contributed by atoms with Gasteiger partial charge >= 0.3 is 0 Å². The Morgan fingerprint density at radius 3 is 2.67 bits per heavy atom. The first-order chi connectivity index (χ1) is 17.5. The zero-order valence-corrected chi connectivity index (χ0v) is 21.3. The van der Waals surface area contributed by atoms with Crippen molar-refractivity contribution in [3.8, 4) is 0 Å². The minimum Gasteiger partial charge on any atom is -0.385 e. The number of quaternary nitrogens is 1. The summed E-state index contributed by atoms with van der Waals surface area (Å²) in [5, 5.41) is 3.32. The minimum absolute atomic E-state index is 0.134. The molecule has 3 atom stereocenters. The number of likely N-dealkylation sites (tertiary alicyclic amines) is 1. The molecule has 9 heteroatoms. The average Bonchev–Trinajstić information content (AvgIpc) is 3.55. The monoisotopic (exact) mass is 509 g/mol. The Kier molecular flexibility index (Phi) is 8.79. The molecule has 1 aromatic heterocycles. The van der Waals surface area contributed by atoms with Gasteiger partial charge in [0.25, 0.3) is 5.91 Å². The van der Waals surface area contributed by atoms with Gasteiger partial charge in [-0.15, -0.1) is 11.3 Å². The van der Waals surface area contributed by atoms with Crippen LogP contribution < -0.4 is 11.1 Å². The lowest BCUT2D eigenvalue weighted by molar-refractivity contribution is -0.405. The largest absolute Gasteiger partial charge is 0.385 e. The third kappa shape index (κ3) is 6.16. The Morgan fingerprint density at radius 2 is 1.92 bits per heavy atom. The van der Waals surface area contributed by atoms with Crippen LogP contribution in [0.3, 0.4) is 0 Å². The highest BCUT2D eigenvalue weighted by atomic mass is 32.1. The first kappa shape index (κ1) is 25.9. The average molecular weight is 510 g/mol. The molecule has 4 rings (SSSR count). The number of carbonyl (C=O) groups is 3. The third-order valence-electron chi connectivity index (χ3n) is 6.49. The van der Waals surface area contributed by atoms with Crippen LogP contribution in [0.1, 0.15) is 41.0 Å². The Morgan fingerprint density at radius 1 is 1.17 bits per heavy atom. The van der Waals surface area contributed by atoms with Crippen LogP contribution in [0.5, 0.6) is 0 Å². The molecule has 1 aliphatic heterocycles. The zero-order chi connectivity index (χ0) is 25.5. The van der Waals surface area contributed by atoms with E-state index in [1.54, 1.807) is 12.0 Å². The summed E-state index contributed by atoms with van der Waals surface area (Å²) in [6.45, 7) is 0.994. The molecule has 1 fully saturated rings. The molecule has 0 unspecified atom stereocenters. The van der Waals surface area contributed by atoms with Crippen LogP contribution in [-0.4, -0.2) is 65.9 Å². The van der Waals surface area contributed by atoms with Crippen molar-refractivity contribution in [1.82, 2.24) is 15.2 Å². The molecule has 2 amide bonds. The number of fused-ring (bicyclic) bond motifs is 1. The summed E-state index contributed by atoms with van der Waals surface area (Å²) in [6, 6.07) is 15.5. The fraction of sp³-hybridized carbons (Fsp3) is 0.407. The second kappa shape index (κ2) is 12.2. The van der Waals surface area contributed by atoms with E-state index in [2.05, 4.69) is 16.0 Å². The Labute approximate surface area is 214 Å². The van der Waals surface area contributed by atoms with Gasteiger partial charge in [0.15, 0.2) is 11.0 Å². The van der Waals surface area contributed by atoms with Crippen LogP contribution in [0.25, 0.3) is 10.2 Å². The summed E-state index contributed by atoms with van der Waals surface area (Å²) < 4.78 is 6.08. The van der Waals surface area contributed by atoms with E-state index in [0.717, 1.165) is 22.2 Å². The van der Waals surface area contributed by atoms with Crippen molar-refractivity contribution >= 4 is 39.2 Å². The van der Waals surface area contributed by atoms with E-state index < -0.39 is 18.1 Å². The van der Waals surface area contributed by atoms with Gasteiger partial charge in [-0.3, -0.25) is 14.4 Å². The molecule has 0 bridgehead atoms. The highest BCUT2D eigenvalue weighted by Crippen LogP contribution is 2.24. The van der Waals surface area contributed by atoms with Gasteiger partial charge in [0.2, 0.25) is 11.7 Å². The molecule has 36 heavy (non-hydrogen) atoms. The van der Waals surface area contributed by atoms with Crippen molar-refractivity contribution in [3.05, 3.63) is 65.2 Å². The molecule has 0 aliphatic carbocycles. The number of ketones is 1. The fourth-order valence-electron chi connectivity index (χ4n) is 4.62. The van der Waals surface area contributed by atoms with Crippen LogP contribution in [-0.2, 0) is 20.7 Å². The number of hydrogen-bond donors (Lipinski definition) is 2. The van der Waals surface area contributed by atoms with Gasteiger partial charge < -0.3 is 20.7 Å². The lowest BCUT2D eigenvalue weighted by atomic mass is 10.0. The highest BCUT2D eigenvalue weighted by Gasteiger charge is 2.39. The Balaban J connectivity index is 1.45. The van der Waals surface area contributed by atoms with Crippen LogP contribution >= 0.6 is 11.3 Å². The fourth-order valence-corrected chi connectivity index (χ4v) is 5.58. The number of aromatic nitrogens is 1. The standard InChI is InChI=1S/C27H32N4O4S/c1-35-16-8-12-21(24(32)26-30-20-11-5-6-14-23(20)36-26)29-25(33)22-13-7-15-31(22)27(34)19(28)17-18-9-3-2-4-10-18/h2-6,9-11,14,19,21-22H,7-8,12-13,15-17,28H2,1H3,(H,29,33)/p+1/t19-,21+,22+/m1/s1. The molecule has 3 aromatic rings. The number of hydrogen-bond acceptors (Lipinski definition) is 6. The number of Topliss-reactive ketones (excluding diaryl/α,β-unsaturated/α-hetero) is 1. The molecule has 2 heterocycles. The molecular weight excluding hydrogens is 476 g/mol. The molecule has 0 spiro atoms. The van der Waals surface area contributed by atoms with Crippen molar-refractivity contribution in [2.24, 2.45) is 0 Å². The van der Waals surface area contributed by atoms with Gasteiger partial charge in [-0.2, -0.15) is 0 Å². The molecule has 1 saturated heterocycles. The van der Waals surface area contributed by atoms with E-state index in [4.69, 9.17) is 4.74 Å². The molecular formula is C27H33N4O4S+. The number of ether oxygens (including phenoxy) is 1. The van der Waals surface area contributed by atoms with Crippen LogP contribution in [0.4, 0.5) is 0 Å². The molecule has 1 aliphatic rings. The zero-order valence-electron chi connectivity index (χ0n) is 20.5. The molecule has 0 radical (unpaired) electrons. The first-order valence-electron chi connectivity index (χ1n) is 12.3. The van der Waals surface area contributed by atoms with E-state index in [9.17, 15) is 14.4 Å². The van der Waals surface area contributed by atoms with E-state index in [-0.39, 0.29) is 17.6 Å². The van der Waals surface area contributed by atoms with Crippen LogP contribution in [0.15, 0.2) is 54.6 Å². The summed E-state index contributed by atoms with van der Waals surface area (Å²) in [7, 11) is 1.61. The number of nitrogens with zero attached hydrogens (tertiary/aromatic N) is 2. The van der Waals surface area contributed by atoms with Gasteiger partial charge in [-0.25, -0.2) is 4.98 Å². The van der Waals surface area contributed by atoms with Gasteiger partial charge in [0.1, 0.15) is 6.04 Å². The molecule has 2 aromatic carbocycles. The summed E-state index contributed by atoms with van der Waals surface area (Å²) in [6.07, 6.45) is 2.86. The maximum atomic E-state index is 13.4. The first-order valence-corrected chi connectivity index (χ1v) is 13.2. The number of thiazole rings is 1.